The van der Waals surface area contributed by atoms with E-state index in [0.717, 1.165) is 30.4 Å². The van der Waals surface area contributed by atoms with Crippen molar-refractivity contribution < 1.29 is 12.8 Å². The van der Waals surface area contributed by atoms with Crippen LogP contribution in [-0.2, 0) is 10.0 Å². The molecule has 18 heavy (non-hydrogen) atoms. The summed E-state index contributed by atoms with van der Waals surface area (Å²) in [6.45, 7) is 0.963. The third kappa shape index (κ3) is 2.89. The Morgan fingerprint density at radius 1 is 1.39 bits per heavy atom. The SMILES string of the molecule is O=S(=O)(c1cncc(F)c1)N1CCC(CBr)CC1. The minimum Gasteiger partial charge on any atom is -0.260 e. The summed E-state index contributed by atoms with van der Waals surface area (Å²) in [6, 6.07) is 1.01. The molecule has 0 bridgehead atoms. The van der Waals surface area contributed by atoms with Crippen molar-refractivity contribution >= 4 is 26.0 Å². The van der Waals surface area contributed by atoms with Crippen molar-refractivity contribution in [3.05, 3.63) is 24.3 Å². The Balaban J connectivity index is 2.17. The maximum atomic E-state index is 13.0. The summed E-state index contributed by atoms with van der Waals surface area (Å²) < 4.78 is 38.9. The first-order valence-electron chi connectivity index (χ1n) is 5.70. The van der Waals surface area contributed by atoms with E-state index in [1.165, 1.54) is 10.5 Å². The van der Waals surface area contributed by atoms with Crippen molar-refractivity contribution in [1.82, 2.24) is 9.29 Å². The van der Waals surface area contributed by atoms with Crippen LogP contribution in [0, 0.1) is 11.7 Å². The fourth-order valence-electron chi connectivity index (χ4n) is 1.99. The van der Waals surface area contributed by atoms with Crippen LogP contribution in [0.2, 0.25) is 0 Å². The Morgan fingerprint density at radius 2 is 2.06 bits per heavy atom. The van der Waals surface area contributed by atoms with Crippen LogP contribution in [-0.4, -0.2) is 36.1 Å². The molecule has 1 aliphatic rings. The summed E-state index contributed by atoms with van der Waals surface area (Å²) in [5, 5.41) is 0.891. The molecule has 0 saturated carbocycles. The Labute approximate surface area is 114 Å². The molecule has 1 aromatic rings. The van der Waals surface area contributed by atoms with Gasteiger partial charge in [-0.25, -0.2) is 12.8 Å². The molecule has 100 valence electrons. The summed E-state index contributed by atoms with van der Waals surface area (Å²) >= 11 is 3.41. The van der Waals surface area contributed by atoms with E-state index in [1.807, 2.05) is 0 Å². The maximum Gasteiger partial charge on any atom is 0.244 e. The first kappa shape index (κ1) is 13.9. The molecule has 1 aliphatic heterocycles. The van der Waals surface area contributed by atoms with Crippen LogP contribution < -0.4 is 0 Å². The van der Waals surface area contributed by atoms with E-state index < -0.39 is 15.8 Å². The predicted octanol–water partition coefficient (Wildman–Crippen LogP) is 2.02. The second kappa shape index (κ2) is 5.63. The molecular formula is C11H14BrFN2O2S. The zero-order chi connectivity index (χ0) is 13.2. The zero-order valence-corrected chi connectivity index (χ0v) is 12.1. The normalized spacial score (nSPS) is 19.0. The highest BCUT2D eigenvalue weighted by Crippen LogP contribution is 2.24. The average molecular weight is 337 g/mol. The molecule has 1 fully saturated rings. The number of hydrogen-bond donors (Lipinski definition) is 0. The molecule has 0 aliphatic carbocycles. The Kier molecular flexibility index (Phi) is 4.34. The molecule has 0 atom stereocenters. The second-order valence-corrected chi connectivity index (χ2v) is 6.93. The van der Waals surface area contributed by atoms with Crippen LogP contribution in [0.3, 0.4) is 0 Å². The number of nitrogens with zero attached hydrogens (tertiary/aromatic N) is 2. The van der Waals surface area contributed by atoms with E-state index in [0.29, 0.717) is 19.0 Å². The number of pyridine rings is 1. The average Bonchev–Trinajstić information content (AvgIpc) is 2.39. The number of rotatable bonds is 3. The first-order valence-corrected chi connectivity index (χ1v) is 8.27. The number of sulfonamides is 1. The summed E-state index contributed by atoms with van der Waals surface area (Å²) in [5.41, 5.74) is 0. The minimum atomic E-state index is -3.60. The van der Waals surface area contributed by atoms with E-state index in [9.17, 15) is 12.8 Å². The number of halogens is 2. The van der Waals surface area contributed by atoms with Crippen molar-refractivity contribution in [2.75, 3.05) is 18.4 Å². The molecule has 1 saturated heterocycles. The standard InChI is InChI=1S/C11H14BrFN2O2S/c12-6-9-1-3-15(4-2-9)18(16,17)11-5-10(13)7-14-8-11/h5,7-9H,1-4,6H2. The van der Waals surface area contributed by atoms with Gasteiger partial charge in [-0.15, -0.1) is 0 Å². The summed E-state index contributed by atoms with van der Waals surface area (Å²) in [5.74, 6) is -0.117. The number of alkyl halides is 1. The van der Waals surface area contributed by atoms with Crippen molar-refractivity contribution in [2.24, 2.45) is 5.92 Å². The van der Waals surface area contributed by atoms with E-state index in [1.54, 1.807) is 0 Å². The van der Waals surface area contributed by atoms with Gasteiger partial charge in [0.2, 0.25) is 10.0 Å². The molecule has 0 N–H and O–H groups in total. The molecule has 7 heteroatoms. The lowest BCUT2D eigenvalue weighted by Gasteiger charge is -2.30. The number of aromatic nitrogens is 1. The summed E-state index contributed by atoms with van der Waals surface area (Å²) in [6.07, 6.45) is 3.84. The van der Waals surface area contributed by atoms with Crippen LogP contribution in [0.5, 0.6) is 0 Å². The largest absolute Gasteiger partial charge is 0.260 e. The van der Waals surface area contributed by atoms with Gasteiger partial charge in [0.25, 0.3) is 0 Å². The summed E-state index contributed by atoms with van der Waals surface area (Å²) in [7, 11) is -3.60. The van der Waals surface area contributed by atoms with Crippen LogP contribution in [0.1, 0.15) is 12.8 Å². The molecule has 0 radical (unpaired) electrons. The molecule has 0 amide bonds. The first-order chi connectivity index (χ1) is 8.54. The fraction of sp³-hybridized carbons (Fsp3) is 0.545. The third-order valence-corrected chi connectivity index (χ3v) is 5.89. The van der Waals surface area contributed by atoms with Crippen molar-refractivity contribution in [2.45, 2.75) is 17.7 Å². The zero-order valence-electron chi connectivity index (χ0n) is 9.72. The third-order valence-electron chi connectivity index (χ3n) is 3.11. The Hall–Kier alpha value is -0.530. The van der Waals surface area contributed by atoms with Crippen LogP contribution in [0.25, 0.3) is 0 Å². The number of hydrogen-bond acceptors (Lipinski definition) is 3. The number of piperidine rings is 1. The van der Waals surface area contributed by atoms with E-state index in [2.05, 4.69) is 20.9 Å². The van der Waals surface area contributed by atoms with Crippen molar-refractivity contribution in [1.29, 1.82) is 0 Å². The maximum absolute atomic E-state index is 13.0. The smallest absolute Gasteiger partial charge is 0.244 e. The lowest BCUT2D eigenvalue weighted by atomic mass is 10.0. The molecule has 1 aromatic heterocycles. The van der Waals surface area contributed by atoms with Gasteiger partial charge in [0.1, 0.15) is 10.7 Å². The van der Waals surface area contributed by atoms with Gasteiger partial charge >= 0.3 is 0 Å². The van der Waals surface area contributed by atoms with Gasteiger partial charge in [-0.1, -0.05) is 15.9 Å². The Bertz CT molecular complexity index is 516. The highest BCUT2D eigenvalue weighted by molar-refractivity contribution is 9.09. The van der Waals surface area contributed by atoms with Crippen molar-refractivity contribution in [3.8, 4) is 0 Å². The predicted molar refractivity (Wildman–Crippen MR) is 69.5 cm³/mol. The second-order valence-electron chi connectivity index (χ2n) is 4.34. The molecule has 0 unspecified atom stereocenters. The van der Waals surface area contributed by atoms with Gasteiger partial charge in [0.05, 0.1) is 6.20 Å². The monoisotopic (exact) mass is 336 g/mol. The topological polar surface area (TPSA) is 50.3 Å². The fourth-order valence-corrected chi connectivity index (χ4v) is 4.08. The van der Waals surface area contributed by atoms with Gasteiger partial charge in [0.15, 0.2) is 0 Å². The lowest BCUT2D eigenvalue weighted by molar-refractivity contribution is 0.292. The van der Waals surface area contributed by atoms with Gasteiger partial charge < -0.3 is 0 Å². The van der Waals surface area contributed by atoms with E-state index >= 15 is 0 Å². The molecule has 0 spiro atoms. The lowest BCUT2D eigenvalue weighted by Crippen LogP contribution is -2.38. The molecule has 2 rings (SSSR count). The molecule has 0 aromatic carbocycles. The molecular weight excluding hydrogens is 323 g/mol. The van der Waals surface area contributed by atoms with Crippen LogP contribution >= 0.6 is 15.9 Å². The van der Waals surface area contributed by atoms with Gasteiger partial charge in [-0.2, -0.15) is 4.31 Å². The minimum absolute atomic E-state index is 0.0696. The molecule has 2 heterocycles. The highest BCUT2D eigenvalue weighted by atomic mass is 79.9. The highest BCUT2D eigenvalue weighted by Gasteiger charge is 2.29. The van der Waals surface area contributed by atoms with Gasteiger partial charge in [-0.05, 0) is 24.8 Å². The van der Waals surface area contributed by atoms with E-state index in [4.69, 9.17) is 0 Å². The van der Waals surface area contributed by atoms with Gasteiger partial charge in [-0.3, -0.25) is 4.98 Å². The van der Waals surface area contributed by atoms with E-state index in [-0.39, 0.29) is 4.90 Å². The molecule has 4 nitrogen and oxygen atoms in total. The Morgan fingerprint density at radius 3 is 2.61 bits per heavy atom. The van der Waals surface area contributed by atoms with Crippen LogP contribution in [0.4, 0.5) is 4.39 Å². The van der Waals surface area contributed by atoms with Gasteiger partial charge in [0, 0.05) is 24.6 Å². The summed E-state index contributed by atoms with van der Waals surface area (Å²) in [4.78, 5) is 3.52. The van der Waals surface area contributed by atoms with Crippen LogP contribution in [0.15, 0.2) is 23.4 Å². The quantitative estimate of drug-likeness (QED) is 0.793. The van der Waals surface area contributed by atoms with Crippen molar-refractivity contribution in [3.63, 3.8) is 0 Å².